The minimum Gasteiger partial charge on any atom is -0.508 e. The smallest absolute Gasteiger partial charge is 0.243 e. The molecule has 0 aromatic heterocycles. The van der Waals surface area contributed by atoms with E-state index in [2.05, 4.69) is 0 Å². The van der Waals surface area contributed by atoms with E-state index in [-0.39, 0.29) is 11.8 Å². The number of rotatable bonds is 5. The lowest BCUT2D eigenvalue weighted by Crippen LogP contribution is -2.30. The van der Waals surface area contributed by atoms with Gasteiger partial charge in [0.2, 0.25) is 10.0 Å². The number of hydrogen-bond donors (Lipinski definition) is 1. The summed E-state index contributed by atoms with van der Waals surface area (Å²) in [5, 5.41) is 9.39. The van der Waals surface area contributed by atoms with E-state index in [1.165, 1.54) is 4.31 Å². The van der Waals surface area contributed by atoms with Gasteiger partial charge in [0.05, 0.1) is 12.0 Å². The van der Waals surface area contributed by atoms with Crippen molar-refractivity contribution in [1.82, 2.24) is 4.31 Å². The maximum Gasteiger partial charge on any atom is 0.243 e. The molecule has 6 heteroatoms. The molecule has 130 valence electrons. The molecule has 0 bridgehead atoms. The monoisotopic (exact) mass is 349 g/mol. The van der Waals surface area contributed by atoms with Gasteiger partial charge in [-0.05, 0) is 61.7 Å². The third-order valence-corrected chi connectivity index (χ3v) is 6.46. The lowest BCUT2D eigenvalue weighted by atomic mass is 10.1. The molecule has 0 heterocycles. The Kier molecular flexibility index (Phi) is 5.20. The first-order valence-corrected chi connectivity index (χ1v) is 9.04. The zero-order valence-electron chi connectivity index (χ0n) is 14.6. The number of ether oxygens (including phenoxy) is 1. The number of hydrogen-bond acceptors (Lipinski definition) is 4. The Morgan fingerprint density at radius 1 is 1.08 bits per heavy atom. The quantitative estimate of drug-likeness (QED) is 0.898. The molecule has 2 aromatic carbocycles. The number of nitrogens with zero attached hydrogens (tertiary/aromatic N) is 1. The summed E-state index contributed by atoms with van der Waals surface area (Å²) >= 11 is 0. The van der Waals surface area contributed by atoms with Crippen LogP contribution in [0.2, 0.25) is 0 Å². The van der Waals surface area contributed by atoms with Crippen LogP contribution in [0.4, 0.5) is 0 Å². The fraction of sp³-hybridized carbons (Fsp3) is 0.333. The largest absolute Gasteiger partial charge is 0.508 e. The van der Waals surface area contributed by atoms with Crippen LogP contribution in [0.25, 0.3) is 0 Å². The molecule has 2 rings (SSSR count). The molecular formula is C18H23NO4S. The predicted molar refractivity (Wildman–Crippen MR) is 93.9 cm³/mol. The third-order valence-electron chi connectivity index (χ3n) is 4.23. The first-order chi connectivity index (χ1) is 11.2. The van der Waals surface area contributed by atoms with Crippen molar-refractivity contribution in [3.05, 3.63) is 53.1 Å². The van der Waals surface area contributed by atoms with Crippen LogP contribution < -0.4 is 4.74 Å². The molecule has 1 atom stereocenters. The molecule has 0 aliphatic rings. The van der Waals surface area contributed by atoms with E-state index >= 15 is 0 Å². The number of benzene rings is 2. The molecule has 24 heavy (non-hydrogen) atoms. The molecule has 1 N–H and O–H groups in total. The van der Waals surface area contributed by atoms with E-state index in [9.17, 15) is 13.5 Å². The summed E-state index contributed by atoms with van der Waals surface area (Å²) in [7, 11) is -0.545. The third kappa shape index (κ3) is 3.39. The molecule has 0 saturated carbocycles. The minimum absolute atomic E-state index is 0.151. The van der Waals surface area contributed by atoms with E-state index in [1.807, 2.05) is 6.92 Å². The van der Waals surface area contributed by atoms with Gasteiger partial charge in [0.25, 0.3) is 0 Å². The Balaban J connectivity index is 2.44. The topological polar surface area (TPSA) is 66.8 Å². The zero-order chi connectivity index (χ0) is 18.1. The highest BCUT2D eigenvalue weighted by molar-refractivity contribution is 7.89. The Hall–Kier alpha value is -2.05. The van der Waals surface area contributed by atoms with Crippen molar-refractivity contribution in [2.75, 3.05) is 14.2 Å². The summed E-state index contributed by atoms with van der Waals surface area (Å²) in [6.07, 6.45) is 0. The second-order valence-electron chi connectivity index (χ2n) is 5.88. The van der Waals surface area contributed by atoms with Crippen molar-refractivity contribution in [1.29, 1.82) is 0 Å². The van der Waals surface area contributed by atoms with Crippen molar-refractivity contribution in [3.63, 3.8) is 0 Å². The lowest BCUT2D eigenvalue weighted by molar-refractivity contribution is 0.396. The van der Waals surface area contributed by atoms with Crippen molar-refractivity contribution in [3.8, 4) is 11.5 Å². The van der Waals surface area contributed by atoms with Crippen LogP contribution in [0, 0.1) is 13.8 Å². The molecule has 0 aliphatic carbocycles. The van der Waals surface area contributed by atoms with Gasteiger partial charge in [-0.1, -0.05) is 12.1 Å². The Labute approximate surface area is 143 Å². The fourth-order valence-electron chi connectivity index (χ4n) is 2.75. The molecule has 1 unspecified atom stereocenters. The molecule has 2 aromatic rings. The van der Waals surface area contributed by atoms with Gasteiger partial charge in [-0.2, -0.15) is 4.31 Å². The number of sulfonamides is 1. The molecule has 0 saturated heterocycles. The van der Waals surface area contributed by atoms with Crippen LogP contribution in [0.5, 0.6) is 11.5 Å². The van der Waals surface area contributed by atoms with Crippen LogP contribution in [0.15, 0.2) is 41.3 Å². The number of aryl methyl sites for hydroxylation is 2. The SMILES string of the molecule is COc1cc(C)c(S(=O)(=O)N(C)C(C)c2ccc(O)cc2)c(C)c1. The highest BCUT2D eigenvalue weighted by atomic mass is 32.2. The summed E-state index contributed by atoms with van der Waals surface area (Å²) in [5.41, 5.74) is 2.11. The van der Waals surface area contributed by atoms with Crippen molar-refractivity contribution in [2.24, 2.45) is 0 Å². The van der Waals surface area contributed by atoms with Gasteiger partial charge in [-0.3, -0.25) is 0 Å². The zero-order valence-corrected chi connectivity index (χ0v) is 15.4. The molecule has 0 radical (unpaired) electrons. The maximum atomic E-state index is 13.1. The Bertz CT molecular complexity index is 806. The van der Waals surface area contributed by atoms with Crippen molar-refractivity contribution < 1.29 is 18.3 Å². The maximum absolute atomic E-state index is 13.1. The first kappa shape index (κ1) is 18.3. The van der Waals surface area contributed by atoms with E-state index < -0.39 is 10.0 Å². The van der Waals surface area contributed by atoms with Crippen LogP contribution >= 0.6 is 0 Å². The van der Waals surface area contributed by atoms with E-state index in [0.717, 1.165) is 5.56 Å². The summed E-state index contributed by atoms with van der Waals surface area (Å²) in [5.74, 6) is 0.788. The van der Waals surface area contributed by atoms with Crippen molar-refractivity contribution in [2.45, 2.75) is 31.7 Å². The van der Waals surface area contributed by atoms with E-state index in [4.69, 9.17) is 4.74 Å². The first-order valence-electron chi connectivity index (χ1n) is 7.60. The fourth-order valence-corrected chi connectivity index (χ4v) is 4.51. The summed E-state index contributed by atoms with van der Waals surface area (Å²) < 4.78 is 32.7. The number of phenols is 1. The Morgan fingerprint density at radius 2 is 1.58 bits per heavy atom. The van der Waals surface area contributed by atoms with Gasteiger partial charge < -0.3 is 9.84 Å². The van der Waals surface area contributed by atoms with Crippen molar-refractivity contribution >= 4 is 10.0 Å². The average Bonchev–Trinajstić information content (AvgIpc) is 2.53. The van der Waals surface area contributed by atoms with Gasteiger partial charge in [0.1, 0.15) is 11.5 Å². The van der Waals surface area contributed by atoms with Gasteiger partial charge in [-0.15, -0.1) is 0 Å². The van der Waals surface area contributed by atoms with Crippen LogP contribution in [-0.4, -0.2) is 32.0 Å². The highest BCUT2D eigenvalue weighted by Crippen LogP contribution is 2.32. The van der Waals surface area contributed by atoms with Crippen LogP contribution in [0.3, 0.4) is 0 Å². The summed E-state index contributed by atoms with van der Waals surface area (Å²) in [4.78, 5) is 0.302. The molecular weight excluding hydrogens is 326 g/mol. The van der Waals surface area contributed by atoms with Gasteiger partial charge >= 0.3 is 0 Å². The number of aromatic hydroxyl groups is 1. The predicted octanol–water partition coefficient (Wildman–Crippen LogP) is 3.40. The van der Waals surface area contributed by atoms with E-state index in [1.54, 1.807) is 64.4 Å². The summed E-state index contributed by atoms with van der Waals surface area (Å²) in [6, 6.07) is 9.63. The van der Waals surface area contributed by atoms with Gasteiger partial charge in [0, 0.05) is 13.1 Å². The van der Waals surface area contributed by atoms with Gasteiger partial charge in [-0.25, -0.2) is 8.42 Å². The normalized spacial score (nSPS) is 13.1. The number of methoxy groups -OCH3 is 1. The Morgan fingerprint density at radius 3 is 2.04 bits per heavy atom. The lowest BCUT2D eigenvalue weighted by Gasteiger charge is -2.26. The van der Waals surface area contributed by atoms with Gasteiger partial charge in [0.15, 0.2) is 0 Å². The van der Waals surface area contributed by atoms with Crippen LogP contribution in [-0.2, 0) is 10.0 Å². The minimum atomic E-state index is -3.67. The average molecular weight is 349 g/mol. The molecule has 0 fully saturated rings. The molecule has 0 amide bonds. The number of phenolic OH excluding ortho intramolecular Hbond substituents is 1. The molecule has 0 spiro atoms. The second-order valence-corrected chi connectivity index (χ2v) is 7.81. The van der Waals surface area contributed by atoms with E-state index in [0.29, 0.717) is 21.8 Å². The summed E-state index contributed by atoms with van der Waals surface area (Å²) in [6.45, 7) is 5.35. The molecule has 0 aliphatic heterocycles. The second kappa shape index (κ2) is 6.83. The molecule has 5 nitrogen and oxygen atoms in total. The standard InChI is InChI=1S/C18H23NO4S/c1-12-10-17(23-5)11-13(2)18(12)24(21,22)19(4)14(3)15-6-8-16(20)9-7-15/h6-11,14,20H,1-5H3. The highest BCUT2D eigenvalue weighted by Gasteiger charge is 2.29. The van der Waals surface area contributed by atoms with Crippen LogP contribution in [0.1, 0.15) is 29.7 Å².